The van der Waals surface area contributed by atoms with Gasteiger partial charge in [-0.2, -0.15) is 4.31 Å². The lowest BCUT2D eigenvalue weighted by Crippen LogP contribution is -2.27. The molecule has 190 valence electrons. The number of rotatable bonds is 8. The fourth-order valence-electron chi connectivity index (χ4n) is 3.77. The van der Waals surface area contributed by atoms with Crippen LogP contribution >= 0.6 is 11.6 Å². The monoisotopic (exact) mass is 549 g/mol. The fourth-order valence-corrected chi connectivity index (χ4v) is 6.88. The van der Waals surface area contributed by atoms with Crippen molar-refractivity contribution in [3.8, 4) is 5.75 Å². The Morgan fingerprint density at radius 3 is 2.28 bits per heavy atom. The summed E-state index contributed by atoms with van der Waals surface area (Å²) in [7, 11) is -6.30. The van der Waals surface area contributed by atoms with Gasteiger partial charge in [0.1, 0.15) is 10.6 Å². The summed E-state index contributed by atoms with van der Waals surface area (Å²) >= 11 is 6.16. The van der Waals surface area contributed by atoms with E-state index in [0.717, 1.165) is 12.8 Å². The quantitative estimate of drug-likeness (QED) is 0.434. The maximum absolute atomic E-state index is 13.0. The van der Waals surface area contributed by atoms with Crippen LogP contribution in [0.2, 0.25) is 5.02 Å². The number of methoxy groups -OCH3 is 1. The number of carbonyl (C=O) groups is 1. The van der Waals surface area contributed by atoms with Gasteiger partial charge in [-0.15, -0.1) is 0 Å². The van der Waals surface area contributed by atoms with Gasteiger partial charge in [0, 0.05) is 24.3 Å². The zero-order valence-corrected chi connectivity index (χ0v) is 21.7. The van der Waals surface area contributed by atoms with Gasteiger partial charge < -0.3 is 10.1 Å². The molecule has 0 aliphatic carbocycles. The average molecular weight is 550 g/mol. The lowest BCUT2D eigenvalue weighted by Gasteiger charge is -2.16. The van der Waals surface area contributed by atoms with Crippen molar-refractivity contribution in [2.45, 2.75) is 22.6 Å². The Bertz CT molecular complexity index is 1490. The molecule has 9 nitrogen and oxygen atoms in total. The SMILES string of the molecule is COc1ccccc1NS(=O)(=O)c1cc(C(=O)Nc2ccc(S(=O)(=O)N3CCCC3)cc2)ccc1Cl. The Labute approximate surface area is 215 Å². The third-order valence-corrected chi connectivity index (χ3v) is 9.41. The molecule has 1 amide bonds. The van der Waals surface area contributed by atoms with E-state index >= 15 is 0 Å². The molecular formula is C24H24ClN3O6S2. The van der Waals surface area contributed by atoms with Crippen LogP contribution < -0.4 is 14.8 Å². The van der Waals surface area contributed by atoms with Crippen molar-refractivity contribution in [1.82, 2.24) is 4.31 Å². The highest BCUT2D eigenvalue weighted by Crippen LogP contribution is 2.30. The highest BCUT2D eigenvalue weighted by molar-refractivity contribution is 7.92. The second-order valence-corrected chi connectivity index (χ2v) is 12.0. The molecule has 1 aliphatic rings. The average Bonchev–Trinajstić information content (AvgIpc) is 3.41. The van der Waals surface area contributed by atoms with Crippen LogP contribution in [0.25, 0.3) is 0 Å². The van der Waals surface area contributed by atoms with Gasteiger partial charge in [-0.3, -0.25) is 9.52 Å². The van der Waals surface area contributed by atoms with Gasteiger partial charge in [0.2, 0.25) is 10.0 Å². The summed E-state index contributed by atoms with van der Waals surface area (Å²) in [6.07, 6.45) is 1.67. The van der Waals surface area contributed by atoms with Crippen molar-refractivity contribution in [3.05, 3.63) is 77.3 Å². The first kappa shape index (κ1) is 26.0. The lowest BCUT2D eigenvalue weighted by atomic mass is 10.2. The first-order valence-corrected chi connectivity index (χ1v) is 14.3. The molecule has 1 saturated heterocycles. The van der Waals surface area contributed by atoms with Gasteiger partial charge in [0.05, 0.1) is 22.7 Å². The summed E-state index contributed by atoms with van der Waals surface area (Å²) in [5.41, 5.74) is 0.621. The highest BCUT2D eigenvalue weighted by Gasteiger charge is 2.27. The Hall–Kier alpha value is -3.12. The van der Waals surface area contributed by atoms with Crippen molar-refractivity contribution < 1.29 is 26.4 Å². The number of nitrogens with zero attached hydrogens (tertiary/aromatic N) is 1. The van der Waals surface area contributed by atoms with Crippen LogP contribution in [-0.4, -0.2) is 47.2 Å². The number of halogens is 1. The number of hydrogen-bond acceptors (Lipinski definition) is 6. The summed E-state index contributed by atoms with van der Waals surface area (Å²) in [5.74, 6) is -0.267. The predicted octanol–water partition coefficient (Wildman–Crippen LogP) is 4.19. The lowest BCUT2D eigenvalue weighted by molar-refractivity contribution is 0.102. The minimum atomic E-state index is -4.15. The number of carbonyl (C=O) groups excluding carboxylic acids is 1. The number of benzene rings is 3. The highest BCUT2D eigenvalue weighted by atomic mass is 35.5. The third-order valence-electron chi connectivity index (χ3n) is 5.65. The zero-order chi connectivity index (χ0) is 25.9. The molecule has 0 atom stereocenters. The Balaban J connectivity index is 1.53. The molecule has 0 radical (unpaired) electrons. The Morgan fingerprint density at radius 2 is 1.61 bits per heavy atom. The van der Waals surface area contributed by atoms with Crippen LogP contribution in [0.4, 0.5) is 11.4 Å². The number of anilines is 2. The second kappa shape index (κ2) is 10.5. The minimum absolute atomic E-state index is 0.0496. The van der Waals surface area contributed by atoms with E-state index in [-0.39, 0.29) is 26.1 Å². The molecule has 4 rings (SSSR count). The number of sulfonamides is 2. The predicted molar refractivity (Wildman–Crippen MR) is 138 cm³/mol. The molecule has 1 fully saturated rings. The molecule has 3 aromatic carbocycles. The first-order valence-electron chi connectivity index (χ1n) is 11.0. The number of amides is 1. The van der Waals surface area contributed by atoms with Crippen LogP contribution in [0.1, 0.15) is 23.2 Å². The topological polar surface area (TPSA) is 122 Å². The van der Waals surface area contributed by atoms with E-state index in [1.807, 2.05) is 0 Å². The number of para-hydroxylation sites is 2. The third kappa shape index (κ3) is 5.49. The van der Waals surface area contributed by atoms with E-state index in [1.54, 1.807) is 18.2 Å². The van der Waals surface area contributed by atoms with Crippen LogP contribution in [0.3, 0.4) is 0 Å². The van der Waals surface area contributed by atoms with Gasteiger partial charge >= 0.3 is 0 Å². The van der Waals surface area contributed by atoms with E-state index in [9.17, 15) is 21.6 Å². The maximum Gasteiger partial charge on any atom is 0.263 e. The van der Waals surface area contributed by atoms with Gasteiger partial charge in [-0.1, -0.05) is 23.7 Å². The van der Waals surface area contributed by atoms with Gasteiger partial charge in [-0.25, -0.2) is 16.8 Å². The summed E-state index contributed by atoms with van der Waals surface area (Å²) in [6.45, 7) is 0.989. The molecule has 0 bridgehead atoms. The molecule has 0 unspecified atom stereocenters. The maximum atomic E-state index is 13.0. The molecule has 3 aromatic rings. The van der Waals surface area contributed by atoms with Gasteiger partial charge in [0.15, 0.2) is 0 Å². The normalized spacial score (nSPS) is 14.4. The molecule has 0 aromatic heterocycles. The van der Waals surface area contributed by atoms with Crippen molar-refractivity contribution in [1.29, 1.82) is 0 Å². The second-order valence-electron chi connectivity index (χ2n) is 8.04. The van der Waals surface area contributed by atoms with E-state index in [4.69, 9.17) is 16.3 Å². The summed E-state index contributed by atoms with van der Waals surface area (Å²) in [4.78, 5) is 12.7. The van der Waals surface area contributed by atoms with Crippen LogP contribution in [0.5, 0.6) is 5.75 Å². The van der Waals surface area contributed by atoms with Crippen LogP contribution in [0.15, 0.2) is 76.5 Å². The molecule has 1 heterocycles. The van der Waals surface area contributed by atoms with Crippen molar-refractivity contribution in [3.63, 3.8) is 0 Å². The number of nitrogens with one attached hydrogen (secondary N) is 2. The summed E-state index contributed by atoms with van der Waals surface area (Å²) < 4.78 is 60.4. The molecule has 0 saturated carbocycles. The van der Waals surface area contributed by atoms with Crippen molar-refractivity contribution >= 4 is 48.9 Å². The number of hydrogen-bond donors (Lipinski definition) is 2. The molecular weight excluding hydrogens is 526 g/mol. The van der Waals surface area contributed by atoms with Crippen molar-refractivity contribution in [2.75, 3.05) is 30.2 Å². The van der Waals surface area contributed by atoms with E-state index in [1.165, 1.54) is 59.9 Å². The van der Waals surface area contributed by atoms with Crippen LogP contribution in [0, 0.1) is 0 Å². The van der Waals surface area contributed by atoms with E-state index in [0.29, 0.717) is 24.5 Å². The van der Waals surface area contributed by atoms with E-state index in [2.05, 4.69) is 10.0 Å². The van der Waals surface area contributed by atoms with E-state index < -0.39 is 26.0 Å². The standard InChI is InChI=1S/C24H24ClN3O6S2/c1-34-22-7-3-2-6-21(22)27-35(30,31)23-16-17(8-13-20(23)25)24(29)26-18-9-11-19(12-10-18)36(32,33)28-14-4-5-15-28/h2-3,6-13,16,27H,4-5,14-15H2,1H3,(H,26,29). The number of ether oxygens (including phenoxy) is 1. The smallest absolute Gasteiger partial charge is 0.263 e. The largest absolute Gasteiger partial charge is 0.495 e. The summed E-state index contributed by atoms with van der Waals surface area (Å²) in [6, 6.07) is 16.2. The molecule has 1 aliphatic heterocycles. The molecule has 36 heavy (non-hydrogen) atoms. The van der Waals surface area contributed by atoms with Gasteiger partial charge in [-0.05, 0) is 67.4 Å². The van der Waals surface area contributed by atoms with Crippen molar-refractivity contribution in [2.24, 2.45) is 0 Å². The Morgan fingerprint density at radius 1 is 0.944 bits per heavy atom. The summed E-state index contributed by atoms with van der Waals surface area (Å²) in [5, 5.41) is 2.58. The Kier molecular flexibility index (Phi) is 7.55. The first-order chi connectivity index (χ1) is 17.1. The molecule has 2 N–H and O–H groups in total. The zero-order valence-electron chi connectivity index (χ0n) is 19.3. The van der Waals surface area contributed by atoms with Crippen LogP contribution in [-0.2, 0) is 20.0 Å². The molecule has 12 heteroatoms. The minimum Gasteiger partial charge on any atom is -0.495 e. The molecule has 0 spiro atoms. The van der Waals surface area contributed by atoms with Gasteiger partial charge in [0.25, 0.3) is 15.9 Å². The fraction of sp³-hybridized carbons (Fsp3) is 0.208.